The molecule has 0 unspecified atom stereocenters. The zero-order valence-electron chi connectivity index (χ0n) is 8.44. The van der Waals surface area contributed by atoms with Crippen molar-refractivity contribution < 1.29 is 0 Å². The zero-order valence-corrected chi connectivity index (χ0v) is 9.26. The molecule has 0 amide bonds. The first kappa shape index (κ1) is 9.98. The van der Waals surface area contributed by atoms with Crippen molar-refractivity contribution in [2.75, 3.05) is 12.0 Å². The van der Waals surface area contributed by atoms with Gasteiger partial charge < -0.3 is 5.32 Å². The van der Waals surface area contributed by atoms with E-state index in [0.29, 0.717) is 0 Å². The third-order valence-corrected chi connectivity index (χ3v) is 2.83. The van der Waals surface area contributed by atoms with E-state index in [9.17, 15) is 0 Å². The minimum atomic E-state index is 0.730. The molecule has 0 aromatic carbocycles. The van der Waals surface area contributed by atoms with E-state index in [1.807, 2.05) is 22.8 Å². The van der Waals surface area contributed by atoms with Crippen molar-refractivity contribution in [2.24, 2.45) is 0 Å². The van der Waals surface area contributed by atoms with E-state index < -0.39 is 0 Å². The van der Waals surface area contributed by atoms with Crippen LogP contribution < -0.4 is 5.32 Å². The Bertz CT molecular complexity index is 282. The van der Waals surface area contributed by atoms with Crippen molar-refractivity contribution in [2.45, 2.75) is 32.0 Å². The fraction of sp³-hybridized carbons (Fsp3) is 0.778. The van der Waals surface area contributed by atoms with Gasteiger partial charge in [0.25, 0.3) is 0 Å². The molecule has 0 spiro atoms. The fourth-order valence-electron chi connectivity index (χ4n) is 1.23. The number of aryl methyl sites for hydroxylation is 1. The molecule has 1 heterocycles. The number of hydrogen-bond acceptors (Lipinski definition) is 4. The normalized spacial score (nSPS) is 16.1. The van der Waals surface area contributed by atoms with Gasteiger partial charge in [-0.25, -0.2) is 4.98 Å². The molecule has 14 heavy (non-hydrogen) atoms. The monoisotopic (exact) mass is 212 g/mol. The molecule has 0 atom stereocenters. The highest BCUT2D eigenvalue weighted by Gasteiger charge is 2.20. The summed E-state index contributed by atoms with van der Waals surface area (Å²) in [7, 11) is 0. The first-order valence-electron chi connectivity index (χ1n) is 4.99. The fourth-order valence-corrected chi connectivity index (χ4v) is 1.60. The largest absolute Gasteiger partial charge is 0.307 e. The van der Waals surface area contributed by atoms with E-state index in [-0.39, 0.29) is 0 Å². The minimum absolute atomic E-state index is 0.730. The van der Waals surface area contributed by atoms with Crippen molar-refractivity contribution in [3.8, 4) is 0 Å². The second-order valence-corrected chi connectivity index (χ2v) is 4.56. The van der Waals surface area contributed by atoms with Gasteiger partial charge in [-0.05, 0) is 19.1 Å². The van der Waals surface area contributed by atoms with Gasteiger partial charge in [0.1, 0.15) is 6.33 Å². The number of hydrogen-bond donors (Lipinski definition) is 1. The molecule has 5 heteroatoms. The predicted octanol–water partition coefficient (Wildman–Crippen LogP) is 0.893. The lowest BCUT2D eigenvalue weighted by Gasteiger charge is -1.98. The highest BCUT2D eigenvalue weighted by atomic mass is 32.2. The first-order chi connectivity index (χ1) is 6.88. The molecule has 2 rings (SSSR count). The van der Waals surface area contributed by atoms with Crippen LogP contribution in [0.25, 0.3) is 0 Å². The van der Waals surface area contributed by atoms with Gasteiger partial charge in [-0.1, -0.05) is 0 Å². The van der Waals surface area contributed by atoms with Gasteiger partial charge in [-0.3, -0.25) is 4.68 Å². The Morgan fingerprint density at radius 2 is 2.50 bits per heavy atom. The van der Waals surface area contributed by atoms with Crippen molar-refractivity contribution in [1.82, 2.24) is 20.1 Å². The molecule has 4 nitrogen and oxygen atoms in total. The maximum atomic E-state index is 4.38. The van der Waals surface area contributed by atoms with Crippen LogP contribution in [0.1, 0.15) is 18.7 Å². The third kappa shape index (κ3) is 2.99. The maximum absolute atomic E-state index is 4.38. The average molecular weight is 212 g/mol. The number of rotatable bonds is 6. The molecule has 1 aromatic heterocycles. The summed E-state index contributed by atoms with van der Waals surface area (Å²) < 4.78 is 1.92. The van der Waals surface area contributed by atoms with Crippen molar-refractivity contribution in [3.05, 3.63) is 12.2 Å². The quantitative estimate of drug-likeness (QED) is 0.760. The van der Waals surface area contributed by atoms with Crippen LogP contribution in [0.3, 0.4) is 0 Å². The summed E-state index contributed by atoms with van der Waals surface area (Å²) in [6.07, 6.45) is 6.55. The Morgan fingerprint density at radius 1 is 1.64 bits per heavy atom. The van der Waals surface area contributed by atoms with Crippen molar-refractivity contribution in [3.63, 3.8) is 0 Å². The molecule has 78 valence electrons. The summed E-state index contributed by atoms with van der Waals surface area (Å²) in [5, 5.41) is 7.78. The Kier molecular flexibility index (Phi) is 3.42. The lowest BCUT2D eigenvalue weighted by molar-refractivity contribution is 0.620. The molecule has 1 aliphatic carbocycles. The minimum Gasteiger partial charge on any atom is -0.307 e. The Hall–Kier alpha value is -0.550. The summed E-state index contributed by atoms with van der Waals surface area (Å²) in [6, 6.07) is 0.730. The highest BCUT2D eigenvalue weighted by Crippen LogP contribution is 2.18. The number of nitrogens with one attached hydrogen (secondary N) is 1. The zero-order chi connectivity index (χ0) is 9.80. The molecule has 0 aliphatic heterocycles. The Morgan fingerprint density at radius 3 is 3.21 bits per heavy atom. The van der Waals surface area contributed by atoms with Gasteiger partial charge in [0.05, 0.1) is 13.1 Å². The van der Waals surface area contributed by atoms with Gasteiger partial charge in [0.15, 0.2) is 5.82 Å². The number of nitrogens with zero attached hydrogens (tertiary/aromatic N) is 3. The molecule has 1 fully saturated rings. The van der Waals surface area contributed by atoms with E-state index in [1.165, 1.54) is 12.8 Å². The molecular formula is C9H16N4S. The van der Waals surface area contributed by atoms with Crippen LogP contribution >= 0.6 is 11.8 Å². The number of thioether (sulfide) groups is 1. The van der Waals surface area contributed by atoms with Gasteiger partial charge in [0.2, 0.25) is 0 Å². The van der Waals surface area contributed by atoms with Crippen LogP contribution in [0.5, 0.6) is 0 Å². The highest BCUT2D eigenvalue weighted by molar-refractivity contribution is 7.98. The molecule has 1 aromatic rings. The predicted molar refractivity (Wildman–Crippen MR) is 58.3 cm³/mol. The first-order valence-corrected chi connectivity index (χ1v) is 6.38. The molecular weight excluding hydrogens is 196 g/mol. The molecule has 0 saturated heterocycles. The molecule has 1 N–H and O–H groups in total. The smallest absolute Gasteiger partial charge is 0.164 e. The van der Waals surface area contributed by atoms with Crippen LogP contribution in [-0.4, -0.2) is 32.8 Å². The lowest BCUT2D eigenvalue weighted by Crippen LogP contribution is -2.16. The van der Waals surface area contributed by atoms with Crippen LogP contribution in [0.2, 0.25) is 0 Å². The average Bonchev–Trinajstić information content (AvgIpc) is 2.92. The molecule has 1 aliphatic rings. The lowest BCUT2D eigenvalue weighted by atomic mass is 10.5. The summed E-state index contributed by atoms with van der Waals surface area (Å²) >= 11 is 1.83. The van der Waals surface area contributed by atoms with E-state index in [0.717, 1.165) is 30.7 Å². The van der Waals surface area contributed by atoms with Crippen molar-refractivity contribution in [1.29, 1.82) is 0 Å². The summed E-state index contributed by atoms with van der Waals surface area (Å²) in [4.78, 5) is 4.25. The van der Waals surface area contributed by atoms with E-state index in [1.54, 1.807) is 0 Å². The Balaban J connectivity index is 1.76. The summed E-state index contributed by atoms with van der Waals surface area (Å²) in [5.74, 6) is 2.01. The Labute approximate surface area is 88.5 Å². The van der Waals surface area contributed by atoms with Crippen LogP contribution in [0, 0.1) is 0 Å². The third-order valence-electron chi connectivity index (χ3n) is 2.23. The van der Waals surface area contributed by atoms with E-state index in [2.05, 4.69) is 21.7 Å². The van der Waals surface area contributed by atoms with Gasteiger partial charge in [0, 0.05) is 11.8 Å². The van der Waals surface area contributed by atoms with E-state index in [4.69, 9.17) is 0 Å². The standard InChI is InChI=1S/C9H16N4S/c1-14-5-4-13-7-11-9(12-13)6-10-8-2-3-8/h7-8,10H,2-6H2,1H3. The topological polar surface area (TPSA) is 42.7 Å². The van der Waals surface area contributed by atoms with Gasteiger partial charge in [-0.15, -0.1) is 0 Å². The van der Waals surface area contributed by atoms with Crippen LogP contribution in [-0.2, 0) is 13.1 Å². The van der Waals surface area contributed by atoms with Gasteiger partial charge >= 0.3 is 0 Å². The van der Waals surface area contributed by atoms with Gasteiger partial charge in [-0.2, -0.15) is 16.9 Å². The summed E-state index contributed by atoms with van der Waals surface area (Å²) in [5.41, 5.74) is 0. The molecule has 1 saturated carbocycles. The maximum Gasteiger partial charge on any atom is 0.164 e. The van der Waals surface area contributed by atoms with Crippen LogP contribution in [0.4, 0.5) is 0 Å². The van der Waals surface area contributed by atoms with Crippen LogP contribution in [0.15, 0.2) is 6.33 Å². The second-order valence-electron chi connectivity index (χ2n) is 3.57. The molecule has 0 radical (unpaired) electrons. The SMILES string of the molecule is CSCCn1cnc(CNC2CC2)n1. The second kappa shape index (κ2) is 4.79. The summed E-state index contributed by atoms with van der Waals surface area (Å²) in [6.45, 7) is 1.77. The molecule has 0 bridgehead atoms. The van der Waals surface area contributed by atoms with Crippen molar-refractivity contribution >= 4 is 11.8 Å². The number of aromatic nitrogens is 3. The van der Waals surface area contributed by atoms with E-state index >= 15 is 0 Å².